The molecule has 3 aliphatic rings. The fourth-order valence-electron chi connectivity index (χ4n) is 3.06. The van der Waals surface area contributed by atoms with E-state index in [1.54, 1.807) is 13.8 Å². The molecule has 0 spiro atoms. The first-order valence-electron chi connectivity index (χ1n) is 6.42. The molecule has 3 rings (SSSR count). The van der Waals surface area contributed by atoms with Crippen LogP contribution in [-0.4, -0.2) is 60.2 Å². The number of hydrogen-bond acceptors (Lipinski definition) is 6. The van der Waals surface area contributed by atoms with Crippen molar-refractivity contribution in [3.8, 4) is 0 Å². The van der Waals surface area contributed by atoms with E-state index in [4.69, 9.17) is 18.9 Å². The van der Waals surface area contributed by atoms with Gasteiger partial charge in [-0.2, -0.15) is 0 Å². The maximum absolute atomic E-state index is 11.3. The average Bonchev–Trinajstić information content (AvgIpc) is 2.85. The Morgan fingerprint density at radius 3 is 2.74 bits per heavy atom. The summed E-state index contributed by atoms with van der Waals surface area (Å²) >= 11 is 0. The number of aliphatic hydroxyl groups excluding tert-OH is 1. The highest BCUT2D eigenvalue weighted by atomic mass is 16.8. The van der Waals surface area contributed by atoms with Crippen LogP contribution in [0.15, 0.2) is 0 Å². The highest BCUT2D eigenvalue weighted by molar-refractivity contribution is 5.73. The van der Waals surface area contributed by atoms with Crippen LogP contribution >= 0.6 is 0 Å². The van der Waals surface area contributed by atoms with Crippen LogP contribution < -0.4 is 5.32 Å². The number of carbonyl (C=O) groups excluding carboxylic acids is 1. The van der Waals surface area contributed by atoms with Gasteiger partial charge in [0.15, 0.2) is 5.79 Å². The Morgan fingerprint density at radius 1 is 1.37 bits per heavy atom. The van der Waals surface area contributed by atoms with Crippen LogP contribution in [0.4, 0.5) is 0 Å². The fraction of sp³-hybridized carbons (Fsp3) is 0.917. The summed E-state index contributed by atoms with van der Waals surface area (Å²) in [6.45, 7) is 5.01. The second-order valence-electron chi connectivity index (χ2n) is 5.68. The summed E-state index contributed by atoms with van der Waals surface area (Å²) in [5, 5.41) is 12.4. The van der Waals surface area contributed by atoms with Crippen LogP contribution in [0.5, 0.6) is 0 Å². The molecular weight excluding hydrogens is 254 g/mol. The Kier molecular flexibility index (Phi) is 2.88. The standard InChI is InChI=1S/C12H19NO6/c1-6(15)13-8-7-4-16-12(5-14,17-7)10-9(8)18-11(2,3)19-10/h7-10,14H,4-5H2,1-3H3,(H,13,15)/t7-,8+,9-,10-,12-/m1/s1. The van der Waals surface area contributed by atoms with Gasteiger partial charge in [-0.05, 0) is 13.8 Å². The van der Waals surface area contributed by atoms with Gasteiger partial charge in [0.2, 0.25) is 11.7 Å². The molecule has 3 heterocycles. The number of carbonyl (C=O) groups is 1. The van der Waals surface area contributed by atoms with Gasteiger partial charge in [-0.1, -0.05) is 0 Å². The minimum Gasteiger partial charge on any atom is -0.391 e. The van der Waals surface area contributed by atoms with Gasteiger partial charge in [-0.15, -0.1) is 0 Å². The van der Waals surface area contributed by atoms with Crippen molar-refractivity contribution < 1.29 is 28.8 Å². The molecule has 0 aliphatic carbocycles. The van der Waals surface area contributed by atoms with Crippen LogP contribution in [0.25, 0.3) is 0 Å². The topological polar surface area (TPSA) is 86.3 Å². The number of nitrogens with one attached hydrogen (secondary N) is 1. The maximum atomic E-state index is 11.3. The Labute approximate surface area is 111 Å². The third kappa shape index (κ3) is 1.96. The molecule has 5 atom stereocenters. The molecule has 7 heteroatoms. The molecule has 0 aromatic rings. The first-order valence-corrected chi connectivity index (χ1v) is 6.42. The lowest BCUT2D eigenvalue weighted by Crippen LogP contribution is -2.65. The molecule has 0 unspecified atom stereocenters. The van der Waals surface area contributed by atoms with Crippen molar-refractivity contribution in [2.45, 2.75) is 56.7 Å². The van der Waals surface area contributed by atoms with E-state index in [9.17, 15) is 9.90 Å². The van der Waals surface area contributed by atoms with Crippen LogP contribution in [0.2, 0.25) is 0 Å². The van der Waals surface area contributed by atoms with E-state index in [2.05, 4.69) is 5.32 Å². The van der Waals surface area contributed by atoms with Crippen LogP contribution in [0.1, 0.15) is 20.8 Å². The predicted molar refractivity (Wildman–Crippen MR) is 62.1 cm³/mol. The van der Waals surface area contributed by atoms with Gasteiger partial charge in [0.25, 0.3) is 0 Å². The number of amides is 1. The Morgan fingerprint density at radius 2 is 2.11 bits per heavy atom. The predicted octanol–water partition coefficient (Wildman–Crippen LogP) is -0.871. The third-order valence-electron chi connectivity index (χ3n) is 3.75. The molecule has 108 valence electrons. The van der Waals surface area contributed by atoms with Crippen molar-refractivity contribution in [1.29, 1.82) is 0 Å². The molecule has 0 saturated carbocycles. The van der Waals surface area contributed by atoms with Gasteiger partial charge in [-0.25, -0.2) is 0 Å². The number of fused-ring (bicyclic) bond motifs is 4. The minimum absolute atomic E-state index is 0.163. The molecule has 1 amide bonds. The van der Waals surface area contributed by atoms with Gasteiger partial charge in [0.05, 0.1) is 12.6 Å². The fourth-order valence-corrected chi connectivity index (χ4v) is 3.06. The first kappa shape index (κ1) is 13.3. The highest BCUT2D eigenvalue weighted by Gasteiger charge is 2.66. The normalized spacial score (nSPS) is 46.9. The zero-order valence-electron chi connectivity index (χ0n) is 11.2. The summed E-state index contributed by atoms with van der Waals surface area (Å²) in [5.41, 5.74) is 0. The molecular formula is C12H19NO6. The number of hydrogen-bond donors (Lipinski definition) is 2. The molecule has 0 aromatic carbocycles. The zero-order chi connectivity index (χ0) is 13.8. The lowest BCUT2D eigenvalue weighted by atomic mass is 9.93. The second-order valence-corrected chi connectivity index (χ2v) is 5.68. The van der Waals surface area contributed by atoms with E-state index in [-0.39, 0.29) is 24.7 Å². The van der Waals surface area contributed by atoms with Gasteiger partial charge < -0.3 is 29.4 Å². The number of ether oxygens (including phenoxy) is 4. The van der Waals surface area contributed by atoms with Crippen LogP contribution in [0, 0.1) is 0 Å². The smallest absolute Gasteiger partial charge is 0.222 e. The third-order valence-corrected chi connectivity index (χ3v) is 3.75. The second kappa shape index (κ2) is 4.13. The van der Waals surface area contributed by atoms with E-state index in [1.807, 2.05) is 0 Å². The molecule has 2 bridgehead atoms. The van der Waals surface area contributed by atoms with Crippen molar-refractivity contribution in [1.82, 2.24) is 5.32 Å². The maximum Gasteiger partial charge on any atom is 0.222 e. The first-order chi connectivity index (χ1) is 8.87. The molecule has 19 heavy (non-hydrogen) atoms. The van der Waals surface area contributed by atoms with Crippen molar-refractivity contribution >= 4 is 5.91 Å². The lowest BCUT2D eigenvalue weighted by Gasteiger charge is -2.41. The number of aliphatic hydroxyl groups is 1. The molecule has 0 aromatic heterocycles. The van der Waals surface area contributed by atoms with Crippen molar-refractivity contribution in [3.63, 3.8) is 0 Å². The van der Waals surface area contributed by atoms with E-state index in [0.29, 0.717) is 6.61 Å². The summed E-state index contributed by atoms with van der Waals surface area (Å²) < 4.78 is 23.0. The molecule has 0 radical (unpaired) electrons. The lowest BCUT2D eigenvalue weighted by molar-refractivity contribution is -0.277. The SMILES string of the molecule is CC(=O)N[C@@H]1[C@H]2OC(C)(C)O[C@H]2[C@]2(CO)OC[C@H]1O2. The Bertz CT molecular complexity index is 400. The molecule has 3 aliphatic heterocycles. The minimum atomic E-state index is -1.18. The van der Waals surface area contributed by atoms with Crippen molar-refractivity contribution in [3.05, 3.63) is 0 Å². The largest absolute Gasteiger partial charge is 0.391 e. The number of rotatable bonds is 2. The quantitative estimate of drug-likeness (QED) is 0.680. The summed E-state index contributed by atoms with van der Waals surface area (Å²) in [5.74, 6) is -2.15. The zero-order valence-corrected chi connectivity index (χ0v) is 11.2. The Balaban J connectivity index is 1.92. The van der Waals surface area contributed by atoms with E-state index < -0.39 is 23.8 Å². The van der Waals surface area contributed by atoms with Gasteiger partial charge in [0, 0.05) is 6.92 Å². The summed E-state index contributed by atoms with van der Waals surface area (Å²) in [6.07, 6.45) is -1.30. The van der Waals surface area contributed by atoms with Crippen molar-refractivity contribution in [2.24, 2.45) is 0 Å². The van der Waals surface area contributed by atoms with Gasteiger partial charge in [-0.3, -0.25) is 4.79 Å². The van der Waals surface area contributed by atoms with E-state index in [0.717, 1.165) is 0 Å². The summed E-state index contributed by atoms with van der Waals surface area (Å²) in [7, 11) is 0. The molecule has 3 fully saturated rings. The Hall–Kier alpha value is -0.730. The van der Waals surface area contributed by atoms with Gasteiger partial charge in [0.1, 0.15) is 24.9 Å². The highest BCUT2D eigenvalue weighted by Crippen LogP contribution is 2.46. The van der Waals surface area contributed by atoms with Crippen LogP contribution in [-0.2, 0) is 23.7 Å². The van der Waals surface area contributed by atoms with E-state index in [1.165, 1.54) is 6.92 Å². The average molecular weight is 273 g/mol. The monoisotopic (exact) mass is 273 g/mol. The molecule has 2 N–H and O–H groups in total. The van der Waals surface area contributed by atoms with Crippen LogP contribution in [0.3, 0.4) is 0 Å². The molecule has 3 saturated heterocycles. The van der Waals surface area contributed by atoms with E-state index >= 15 is 0 Å². The molecule has 7 nitrogen and oxygen atoms in total. The summed E-state index contributed by atoms with van der Waals surface area (Å²) in [6, 6.07) is -0.341. The van der Waals surface area contributed by atoms with Gasteiger partial charge >= 0.3 is 0 Å². The summed E-state index contributed by atoms with van der Waals surface area (Å²) in [4.78, 5) is 11.3. The van der Waals surface area contributed by atoms with Crippen molar-refractivity contribution in [2.75, 3.05) is 13.2 Å².